The minimum atomic E-state index is 0.00384. The van der Waals surface area contributed by atoms with Crippen LogP contribution in [0.25, 0.3) is 77.8 Å². The average molecular weight is 664 g/mol. The molecule has 1 aliphatic heterocycles. The lowest BCUT2D eigenvalue weighted by Gasteiger charge is -2.31. The van der Waals surface area contributed by atoms with Gasteiger partial charge in [0, 0.05) is 69.6 Å². The van der Waals surface area contributed by atoms with Crippen LogP contribution in [0.3, 0.4) is 0 Å². The lowest BCUT2D eigenvalue weighted by molar-refractivity contribution is 1.28. The molecular weight excluding hydrogens is 637 g/mol. The van der Waals surface area contributed by atoms with Gasteiger partial charge in [-0.2, -0.15) is 0 Å². The lowest BCUT2D eigenvalue weighted by atomic mass is 9.91. The zero-order valence-electron chi connectivity index (χ0n) is 26.4. The van der Waals surface area contributed by atoms with Gasteiger partial charge >= 0.3 is 0 Å². The summed E-state index contributed by atoms with van der Waals surface area (Å²) in [5.74, 6) is 0. The number of fused-ring (bicyclic) bond motifs is 9. The first-order chi connectivity index (χ1) is 24.8. The van der Waals surface area contributed by atoms with Crippen LogP contribution in [0.4, 0.5) is 5.69 Å². The minimum absolute atomic E-state index is 0.00384. The third-order valence-corrected chi connectivity index (χ3v) is 11.3. The van der Waals surface area contributed by atoms with E-state index in [1.807, 2.05) is 73.3 Å². The van der Waals surface area contributed by atoms with Crippen molar-refractivity contribution in [2.45, 2.75) is 5.66 Å². The van der Waals surface area contributed by atoms with Crippen molar-refractivity contribution in [3.63, 3.8) is 0 Å². The number of benzene rings is 3. The number of hydrogen-bond donors (Lipinski definition) is 4. The van der Waals surface area contributed by atoms with E-state index in [2.05, 4.69) is 68.5 Å². The summed E-state index contributed by atoms with van der Waals surface area (Å²) in [6.45, 7) is 0. The van der Waals surface area contributed by atoms with Gasteiger partial charge in [0.05, 0.1) is 33.4 Å². The number of para-hydroxylation sites is 2. The molecule has 2 aliphatic rings. The van der Waals surface area contributed by atoms with Crippen LogP contribution in [0.2, 0.25) is 0 Å². The molecule has 6 aromatic heterocycles. The van der Waals surface area contributed by atoms with Gasteiger partial charge in [-0.05, 0) is 66.2 Å². The second-order valence-electron chi connectivity index (χ2n) is 12.5. The van der Waals surface area contributed by atoms with Gasteiger partial charge in [-0.25, -0.2) is 24.9 Å². The highest BCUT2D eigenvalue weighted by molar-refractivity contribution is 7.51. The Morgan fingerprint density at radius 2 is 1.04 bits per heavy atom. The van der Waals surface area contributed by atoms with Crippen molar-refractivity contribution in [3.8, 4) is 22.5 Å². The smallest absolute Gasteiger partial charge is 0.120 e. The summed E-state index contributed by atoms with van der Waals surface area (Å²) in [5.41, 5.74) is 16.4. The van der Waals surface area contributed by atoms with E-state index in [9.17, 15) is 0 Å². The molecule has 0 bridgehead atoms. The van der Waals surface area contributed by atoms with Crippen molar-refractivity contribution in [1.29, 1.82) is 0 Å². The number of aromatic amines is 4. The summed E-state index contributed by atoms with van der Waals surface area (Å²) in [4.78, 5) is 40.7. The van der Waals surface area contributed by atoms with Crippen molar-refractivity contribution < 1.29 is 0 Å². The van der Waals surface area contributed by atoms with E-state index in [4.69, 9.17) is 24.9 Å². The number of nitrogens with zero attached hydrogens (tertiary/aromatic N) is 5. The molecule has 4 N–H and O–H groups in total. The Bertz CT molecular complexity index is 2880. The molecule has 236 valence electrons. The first-order valence-electron chi connectivity index (χ1n) is 16.5. The number of nitrogens with one attached hydrogen (secondary N) is 4. The molecule has 9 aromatic rings. The van der Waals surface area contributed by atoms with Crippen LogP contribution >= 0.6 is 8.58 Å². The van der Waals surface area contributed by atoms with Crippen LogP contribution in [0, 0.1) is 0 Å². The highest BCUT2D eigenvalue weighted by atomic mass is 31.1. The van der Waals surface area contributed by atoms with Crippen LogP contribution in [-0.4, -0.2) is 51.2 Å². The van der Waals surface area contributed by atoms with Gasteiger partial charge in [-0.1, -0.05) is 45.0 Å². The third-order valence-electron chi connectivity index (χ3n) is 9.70. The van der Waals surface area contributed by atoms with E-state index in [0.29, 0.717) is 14.1 Å². The second kappa shape index (κ2) is 10.5. The Morgan fingerprint density at radius 3 is 1.64 bits per heavy atom. The van der Waals surface area contributed by atoms with Crippen LogP contribution in [0.5, 0.6) is 0 Å². The summed E-state index contributed by atoms with van der Waals surface area (Å²) in [6.07, 6.45) is 12.2. The Labute approximate surface area is 286 Å². The van der Waals surface area contributed by atoms with E-state index in [-0.39, 0.29) is 5.66 Å². The molecule has 2 atom stereocenters. The fraction of sp³-hybridized carbons (Fsp3) is 0.0250. The maximum absolute atomic E-state index is 5.59. The van der Waals surface area contributed by atoms with Crippen LogP contribution in [0.1, 0.15) is 11.4 Å². The maximum Gasteiger partial charge on any atom is 0.120 e. The predicted molar refractivity (Wildman–Crippen MR) is 204 cm³/mol. The van der Waals surface area contributed by atoms with Crippen molar-refractivity contribution in [2.75, 3.05) is 0 Å². The quantitative estimate of drug-likeness (QED) is 0.0856. The molecule has 10 heteroatoms. The molecule has 1 aliphatic carbocycles. The van der Waals surface area contributed by atoms with Crippen LogP contribution < -0.4 is 5.30 Å². The Morgan fingerprint density at radius 1 is 0.480 bits per heavy atom. The fourth-order valence-corrected chi connectivity index (χ4v) is 9.08. The summed E-state index contributed by atoms with van der Waals surface area (Å²) in [6, 6.07) is 28.7. The van der Waals surface area contributed by atoms with E-state index >= 15 is 0 Å². The molecule has 11 rings (SSSR count). The highest BCUT2D eigenvalue weighted by Gasteiger charge is 2.36. The summed E-state index contributed by atoms with van der Waals surface area (Å²) in [5, 5.41) is 1.05. The van der Waals surface area contributed by atoms with Gasteiger partial charge in [0.15, 0.2) is 0 Å². The van der Waals surface area contributed by atoms with E-state index in [1.165, 1.54) is 5.57 Å². The molecule has 50 heavy (non-hydrogen) atoms. The van der Waals surface area contributed by atoms with Gasteiger partial charge in [0.25, 0.3) is 0 Å². The molecule has 0 fully saturated rings. The number of aliphatic imine (C=N–C) groups is 1. The fourth-order valence-electron chi connectivity index (χ4n) is 7.40. The molecule has 0 amide bonds. The highest BCUT2D eigenvalue weighted by Crippen LogP contribution is 2.48. The van der Waals surface area contributed by atoms with Gasteiger partial charge in [-0.3, -0.25) is 0 Å². The number of allylic oxidation sites excluding steroid dienone is 4. The maximum atomic E-state index is 5.59. The van der Waals surface area contributed by atoms with Crippen molar-refractivity contribution in [3.05, 3.63) is 133 Å². The predicted octanol–water partition coefficient (Wildman–Crippen LogP) is 8.47. The number of H-pyrrole nitrogens is 4. The van der Waals surface area contributed by atoms with E-state index in [0.717, 1.165) is 94.8 Å². The first-order valence-corrected chi connectivity index (χ1v) is 17.6. The van der Waals surface area contributed by atoms with Crippen LogP contribution in [-0.2, 0) is 0 Å². The monoisotopic (exact) mass is 663 g/mol. The van der Waals surface area contributed by atoms with Crippen molar-refractivity contribution >= 4 is 80.6 Å². The van der Waals surface area contributed by atoms with Gasteiger partial charge < -0.3 is 19.9 Å². The zero-order chi connectivity index (χ0) is 32.8. The molecule has 2 unspecified atom stereocenters. The minimum Gasteiger partial charge on any atom is -0.361 e. The second-order valence-corrected chi connectivity index (χ2v) is 13.9. The third kappa shape index (κ3) is 4.01. The molecular formula is C40H26N9P. The largest absolute Gasteiger partial charge is 0.361 e. The molecule has 3 aromatic carbocycles. The first kappa shape index (κ1) is 27.5. The number of rotatable bonds is 4. The summed E-state index contributed by atoms with van der Waals surface area (Å²) >= 11 is 0. The Kier molecular flexibility index (Phi) is 5.79. The number of aromatic nitrogens is 8. The van der Waals surface area contributed by atoms with Gasteiger partial charge in [-0.15, -0.1) is 0 Å². The SMILES string of the molecule is C1=C(c2ccc[nH]2)C2=Nc3c(c4nc5c(-c6ccc[nH]6)cccc5nc4c4nc5cccc(-c6ccc[nH]6)c5nc34)PC2C(c2ccc[nH]2)=C1. The number of hydrogen-bond acceptors (Lipinski definition) is 5. The Balaban J connectivity index is 1.27. The normalized spacial score (nSPS) is 16.2. The standard InChI is InChI=1S/C40H26N9P/c1-7-21(25-11-3-17-41-25)31-29(9-1)45-34-35-37(48-32-22(26-12-4-18-42-26)8-2-10-30(32)46-35)40-38(36(34)47-31)49-33-23(27-13-5-19-43-27)15-16-24(39(33)50-40)28-14-6-20-44-28/h1-20,39,41-44,50H. The summed E-state index contributed by atoms with van der Waals surface area (Å²) < 4.78 is 0. The Hall–Kier alpha value is -6.44. The molecule has 0 saturated heterocycles. The van der Waals surface area contributed by atoms with E-state index in [1.54, 1.807) is 0 Å². The average Bonchev–Trinajstić information content (AvgIpc) is 4.01. The van der Waals surface area contributed by atoms with Crippen molar-refractivity contribution in [1.82, 2.24) is 39.9 Å². The zero-order valence-corrected chi connectivity index (χ0v) is 27.4. The van der Waals surface area contributed by atoms with Gasteiger partial charge in [0.1, 0.15) is 27.8 Å². The van der Waals surface area contributed by atoms with E-state index < -0.39 is 0 Å². The molecule has 0 radical (unpaired) electrons. The molecule has 0 saturated carbocycles. The van der Waals surface area contributed by atoms with Crippen LogP contribution in [0.15, 0.2) is 127 Å². The lowest BCUT2D eigenvalue weighted by Crippen LogP contribution is -2.28. The molecule has 7 heterocycles. The topological polar surface area (TPSA) is 127 Å². The molecule has 9 nitrogen and oxygen atoms in total. The molecule has 0 spiro atoms. The van der Waals surface area contributed by atoms with Gasteiger partial charge in [0.2, 0.25) is 0 Å². The summed E-state index contributed by atoms with van der Waals surface area (Å²) in [7, 11) is 0.313. The van der Waals surface area contributed by atoms with Crippen molar-refractivity contribution in [2.24, 2.45) is 4.99 Å².